The summed E-state index contributed by atoms with van der Waals surface area (Å²) in [4.78, 5) is 27.7. The van der Waals surface area contributed by atoms with E-state index in [1.54, 1.807) is 12.3 Å². The summed E-state index contributed by atoms with van der Waals surface area (Å²) in [6, 6.07) is 15.2. The van der Waals surface area contributed by atoms with E-state index in [2.05, 4.69) is 20.1 Å². The number of benzene rings is 2. The van der Waals surface area contributed by atoms with Crippen molar-refractivity contribution in [2.45, 2.75) is 24.9 Å². The molecular weight excluding hydrogens is 449 g/mol. The molecule has 0 bridgehead atoms. The number of fused-ring (bicyclic) bond motifs is 1. The highest BCUT2D eigenvalue weighted by atomic mass is 35.5. The Bertz CT molecular complexity index is 1280. The quantitative estimate of drug-likeness (QED) is 0.231. The van der Waals surface area contributed by atoms with Crippen molar-refractivity contribution in [3.05, 3.63) is 88.7 Å². The number of Topliss-reactive ketones (excluding diaryl/α,β-unsaturated/α-hetero) is 1. The average Bonchev–Trinajstić information content (AvgIpc) is 3.39. The first-order valence-corrected chi connectivity index (χ1v) is 10.7. The van der Waals surface area contributed by atoms with Gasteiger partial charge >= 0.3 is 0 Å². The van der Waals surface area contributed by atoms with Crippen LogP contribution in [0.4, 0.5) is 5.69 Å². The third-order valence-electron chi connectivity index (χ3n) is 5.40. The molecule has 2 aromatic carbocycles. The molecule has 2 aromatic heterocycles. The van der Waals surface area contributed by atoms with Crippen molar-refractivity contribution in [3.63, 3.8) is 0 Å². The van der Waals surface area contributed by atoms with Crippen molar-refractivity contribution in [1.29, 1.82) is 0 Å². The summed E-state index contributed by atoms with van der Waals surface area (Å²) in [5.41, 5.74) is 3.65. The Morgan fingerprint density at radius 1 is 1.16 bits per heavy atom. The van der Waals surface area contributed by atoms with Gasteiger partial charge in [0.1, 0.15) is 17.5 Å². The highest BCUT2D eigenvalue weighted by Gasteiger charge is 2.43. The maximum absolute atomic E-state index is 13.5. The van der Waals surface area contributed by atoms with Gasteiger partial charge in [0, 0.05) is 23.5 Å². The lowest BCUT2D eigenvalue weighted by molar-refractivity contribution is 0.0917. The Labute approximate surface area is 194 Å². The maximum Gasteiger partial charge on any atom is 0.295 e. The van der Waals surface area contributed by atoms with E-state index < -0.39 is 11.4 Å². The molecule has 0 amide bonds. The number of carbonyl (C=O) groups is 1. The van der Waals surface area contributed by atoms with Crippen LogP contribution in [0.25, 0.3) is 11.5 Å². The van der Waals surface area contributed by atoms with E-state index in [9.17, 15) is 4.79 Å². The highest BCUT2D eigenvalue weighted by Crippen LogP contribution is 2.45. The van der Waals surface area contributed by atoms with Gasteiger partial charge in [-0.2, -0.15) is 4.98 Å². The van der Waals surface area contributed by atoms with Gasteiger partial charge in [-0.15, -0.1) is 0 Å². The summed E-state index contributed by atoms with van der Waals surface area (Å²) in [6.07, 6.45) is 2.95. The van der Waals surface area contributed by atoms with Crippen LogP contribution in [0.2, 0.25) is 5.02 Å². The highest BCUT2D eigenvalue weighted by molar-refractivity contribution is 6.30. The number of hydrogen-bond donors (Lipinski definition) is 0. The van der Waals surface area contributed by atoms with E-state index >= 15 is 0 Å². The van der Waals surface area contributed by atoms with Crippen molar-refractivity contribution >= 4 is 34.7 Å². The first kappa shape index (κ1) is 20.6. The zero-order valence-corrected chi connectivity index (χ0v) is 18.5. The molecule has 5 rings (SSSR count). The molecule has 0 fully saturated rings. The number of rotatable bonds is 5. The zero-order chi connectivity index (χ0) is 22.2. The van der Waals surface area contributed by atoms with Crippen molar-refractivity contribution in [2.75, 3.05) is 4.90 Å². The molecule has 0 spiro atoms. The van der Waals surface area contributed by atoms with Crippen LogP contribution in [0.5, 0.6) is 0 Å². The number of aromatic nitrogens is 4. The molecule has 1 aliphatic rings. The number of alkyl halides is 1. The second kappa shape index (κ2) is 8.33. The van der Waals surface area contributed by atoms with E-state index in [-0.39, 0.29) is 17.5 Å². The molecule has 0 radical (unpaired) electrons. The molecule has 0 aliphatic carbocycles. The molecule has 0 N–H and O–H groups in total. The molecule has 9 heteroatoms. The molecule has 2 atom stereocenters. The first-order chi connectivity index (χ1) is 15.5. The molecule has 4 aromatic rings. The van der Waals surface area contributed by atoms with Crippen molar-refractivity contribution in [3.8, 4) is 11.5 Å². The van der Waals surface area contributed by atoms with Crippen LogP contribution >= 0.6 is 23.2 Å². The number of anilines is 1. The van der Waals surface area contributed by atoms with Gasteiger partial charge < -0.3 is 9.42 Å². The van der Waals surface area contributed by atoms with Crippen LogP contribution in [0, 0.1) is 6.92 Å². The Kier molecular flexibility index (Phi) is 5.36. The predicted molar refractivity (Wildman–Crippen MR) is 121 cm³/mol. The minimum atomic E-state index is -0.655. The SMILES string of the molecule is Cc1ccc2c(c1)C(C(=O)c1nc(-c3ccncn3)no1)C(Cl)N2Cc1ccc(Cl)cc1. The summed E-state index contributed by atoms with van der Waals surface area (Å²) >= 11 is 12.9. The van der Waals surface area contributed by atoms with E-state index in [0.29, 0.717) is 17.3 Å². The molecule has 32 heavy (non-hydrogen) atoms. The van der Waals surface area contributed by atoms with Crippen LogP contribution < -0.4 is 4.90 Å². The third kappa shape index (κ3) is 3.74. The molecule has 1 aliphatic heterocycles. The van der Waals surface area contributed by atoms with Crippen LogP contribution in [-0.4, -0.2) is 31.4 Å². The van der Waals surface area contributed by atoms with Gasteiger partial charge in [-0.05, 0) is 42.3 Å². The van der Waals surface area contributed by atoms with Gasteiger partial charge in [0.05, 0.1) is 5.92 Å². The number of hydrogen-bond acceptors (Lipinski definition) is 7. The molecule has 160 valence electrons. The van der Waals surface area contributed by atoms with Crippen molar-refractivity contribution in [2.24, 2.45) is 0 Å². The molecule has 2 unspecified atom stereocenters. The van der Waals surface area contributed by atoms with Crippen LogP contribution in [0.1, 0.15) is 33.3 Å². The van der Waals surface area contributed by atoms with Crippen molar-refractivity contribution < 1.29 is 9.32 Å². The van der Waals surface area contributed by atoms with Gasteiger partial charge in [-0.25, -0.2) is 9.97 Å². The second-order valence-corrected chi connectivity index (χ2v) is 8.43. The number of carbonyl (C=O) groups excluding carboxylic acids is 1. The second-order valence-electron chi connectivity index (χ2n) is 7.55. The zero-order valence-electron chi connectivity index (χ0n) is 16.9. The Balaban J connectivity index is 1.48. The monoisotopic (exact) mass is 465 g/mol. The standard InChI is InChI=1S/C23H17Cl2N5O2/c1-13-2-7-18-16(10-13)19(21(25)30(18)11-14-3-5-15(24)6-4-14)20(31)23-28-22(29-32-23)17-8-9-26-12-27-17/h2-10,12,19,21H,11H2,1H3. The maximum atomic E-state index is 13.5. The fourth-order valence-corrected chi connectivity index (χ4v) is 4.40. The largest absolute Gasteiger partial charge is 0.350 e. The summed E-state index contributed by atoms with van der Waals surface area (Å²) < 4.78 is 5.29. The lowest BCUT2D eigenvalue weighted by Crippen LogP contribution is -2.32. The van der Waals surface area contributed by atoms with Crippen LogP contribution in [-0.2, 0) is 6.54 Å². The third-order valence-corrected chi connectivity index (χ3v) is 6.14. The van der Waals surface area contributed by atoms with Gasteiger partial charge in [-0.3, -0.25) is 4.79 Å². The predicted octanol–water partition coefficient (Wildman–Crippen LogP) is 5.04. The summed E-state index contributed by atoms with van der Waals surface area (Å²) in [6.45, 7) is 2.51. The van der Waals surface area contributed by atoms with E-state index in [1.165, 1.54) is 6.33 Å². The molecule has 3 heterocycles. The van der Waals surface area contributed by atoms with Gasteiger partial charge in [-0.1, -0.05) is 58.2 Å². The summed E-state index contributed by atoms with van der Waals surface area (Å²) in [5.74, 6) is -0.863. The summed E-state index contributed by atoms with van der Waals surface area (Å²) in [7, 11) is 0. The number of nitrogens with zero attached hydrogens (tertiary/aromatic N) is 5. The minimum Gasteiger partial charge on any atom is -0.350 e. The first-order valence-electron chi connectivity index (χ1n) is 9.91. The Morgan fingerprint density at radius 3 is 2.72 bits per heavy atom. The topological polar surface area (TPSA) is 85.0 Å². The molecule has 7 nitrogen and oxygen atoms in total. The Morgan fingerprint density at radius 2 is 1.97 bits per heavy atom. The van der Waals surface area contributed by atoms with Crippen molar-refractivity contribution in [1.82, 2.24) is 20.1 Å². The van der Waals surface area contributed by atoms with Crippen LogP contribution in [0.15, 0.2) is 65.6 Å². The van der Waals surface area contributed by atoms with Crippen LogP contribution in [0.3, 0.4) is 0 Å². The fraction of sp³-hybridized carbons (Fsp3) is 0.174. The minimum absolute atomic E-state index is 0.102. The molecular formula is C23H17Cl2N5O2. The molecule has 0 saturated heterocycles. The van der Waals surface area contributed by atoms with E-state index in [4.69, 9.17) is 27.7 Å². The van der Waals surface area contributed by atoms with Gasteiger partial charge in [0.25, 0.3) is 5.89 Å². The summed E-state index contributed by atoms with van der Waals surface area (Å²) in [5, 5.41) is 4.57. The van der Waals surface area contributed by atoms with E-state index in [0.717, 1.165) is 22.4 Å². The number of halogens is 2. The Hall–Kier alpha value is -3.29. The average molecular weight is 466 g/mol. The normalized spacial score (nSPS) is 17.4. The van der Waals surface area contributed by atoms with Gasteiger partial charge in [0.2, 0.25) is 11.6 Å². The number of aryl methyl sites for hydroxylation is 1. The lowest BCUT2D eigenvalue weighted by atomic mass is 9.95. The smallest absolute Gasteiger partial charge is 0.295 e. The van der Waals surface area contributed by atoms with Gasteiger partial charge in [0.15, 0.2) is 0 Å². The lowest BCUT2D eigenvalue weighted by Gasteiger charge is -2.25. The fourth-order valence-electron chi connectivity index (χ4n) is 3.85. The number of ketones is 1. The van der Waals surface area contributed by atoms with E-state index in [1.807, 2.05) is 54.3 Å². The molecule has 0 saturated carbocycles.